The summed E-state index contributed by atoms with van der Waals surface area (Å²) in [5.41, 5.74) is 2.38. The molecule has 1 atom stereocenters. The number of rotatable bonds is 7. The summed E-state index contributed by atoms with van der Waals surface area (Å²) in [6, 6.07) is 14.7. The minimum Gasteiger partial charge on any atom is -0.273 e. The Bertz CT molecular complexity index is 756. The van der Waals surface area contributed by atoms with Gasteiger partial charge in [-0.15, -0.1) is 0 Å². The van der Waals surface area contributed by atoms with Gasteiger partial charge in [0.15, 0.2) is 6.34 Å². The largest absolute Gasteiger partial charge is 0.273 e. The van der Waals surface area contributed by atoms with E-state index in [1.54, 1.807) is 0 Å². The zero-order chi connectivity index (χ0) is 17.7. The lowest BCUT2D eigenvalue weighted by molar-refractivity contribution is -0.802. The molecule has 5 heteroatoms. The van der Waals surface area contributed by atoms with Crippen molar-refractivity contribution < 1.29 is 4.48 Å². The SMILES string of the molecule is CNC[N+]1(Cc2cccnc2)C=NC(C(C)C)=C1Sc1ccccc1. The van der Waals surface area contributed by atoms with Gasteiger partial charge < -0.3 is 0 Å². The average Bonchev–Trinajstić information content (AvgIpc) is 2.95. The first-order valence-corrected chi connectivity index (χ1v) is 9.39. The number of benzene rings is 1. The lowest BCUT2D eigenvalue weighted by Crippen LogP contribution is -2.48. The Morgan fingerprint density at radius 1 is 1.12 bits per heavy atom. The van der Waals surface area contributed by atoms with Crippen LogP contribution in [0.15, 0.2) is 75.5 Å². The topological polar surface area (TPSA) is 37.3 Å². The van der Waals surface area contributed by atoms with E-state index in [0.717, 1.165) is 13.2 Å². The molecule has 1 unspecified atom stereocenters. The normalized spacial score (nSPS) is 19.8. The number of pyridine rings is 1. The Morgan fingerprint density at radius 3 is 2.56 bits per heavy atom. The van der Waals surface area contributed by atoms with Crippen molar-refractivity contribution in [1.82, 2.24) is 10.3 Å². The zero-order valence-corrected chi connectivity index (χ0v) is 15.8. The van der Waals surface area contributed by atoms with Crippen LogP contribution in [-0.2, 0) is 6.54 Å². The van der Waals surface area contributed by atoms with Gasteiger partial charge in [0.2, 0.25) is 5.03 Å². The molecule has 1 N–H and O–H groups in total. The van der Waals surface area contributed by atoms with Crippen LogP contribution >= 0.6 is 11.8 Å². The van der Waals surface area contributed by atoms with Crippen molar-refractivity contribution in [1.29, 1.82) is 0 Å². The van der Waals surface area contributed by atoms with Crippen LogP contribution in [0.3, 0.4) is 0 Å². The third kappa shape index (κ3) is 4.00. The van der Waals surface area contributed by atoms with Gasteiger partial charge in [0.05, 0.1) is 0 Å². The average molecular weight is 354 g/mol. The van der Waals surface area contributed by atoms with E-state index in [9.17, 15) is 0 Å². The molecule has 0 radical (unpaired) electrons. The number of thioether (sulfide) groups is 1. The molecule has 2 heterocycles. The highest BCUT2D eigenvalue weighted by Gasteiger charge is 2.40. The van der Waals surface area contributed by atoms with Gasteiger partial charge in [0, 0.05) is 28.8 Å². The van der Waals surface area contributed by atoms with Gasteiger partial charge in [0.1, 0.15) is 18.9 Å². The maximum atomic E-state index is 4.83. The molecule has 0 aliphatic carbocycles. The standard InChI is InChI=1S/C20H25N4S/c1-16(2)19-20(25-18-9-5-4-6-10-18)24(14-21-3,15-23-19)13-17-8-7-11-22-12-17/h4-12,15-16,21H,13-14H2,1-3H3/q+1. The van der Waals surface area contributed by atoms with Crippen LogP contribution < -0.4 is 5.32 Å². The minimum absolute atomic E-state index is 0.383. The molecule has 0 bridgehead atoms. The van der Waals surface area contributed by atoms with Crippen LogP contribution in [0.2, 0.25) is 0 Å². The van der Waals surface area contributed by atoms with Crippen LogP contribution in [0.1, 0.15) is 19.4 Å². The van der Waals surface area contributed by atoms with Gasteiger partial charge in [-0.3, -0.25) is 10.3 Å². The molecule has 0 spiro atoms. The summed E-state index contributed by atoms with van der Waals surface area (Å²) in [7, 11) is 2.00. The Hall–Kier alpha value is -1.95. The van der Waals surface area contributed by atoms with Gasteiger partial charge in [0.25, 0.3) is 0 Å². The molecule has 2 aromatic rings. The molecule has 1 aliphatic heterocycles. The van der Waals surface area contributed by atoms with Gasteiger partial charge in [-0.05, 0) is 37.0 Å². The first-order valence-electron chi connectivity index (χ1n) is 8.58. The van der Waals surface area contributed by atoms with Gasteiger partial charge in [-0.1, -0.05) is 38.1 Å². The molecule has 1 aromatic heterocycles. The fourth-order valence-corrected chi connectivity index (χ4v) is 4.30. The van der Waals surface area contributed by atoms with Crippen LogP contribution in [0.4, 0.5) is 0 Å². The van der Waals surface area contributed by atoms with E-state index in [-0.39, 0.29) is 0 Å². The fourth-order valence-electron chi connectivity index (χ4n) is 3.03. The van der Waals surface area contributed by atoms with Crippen LogP contribution in [0.5, 0.6) is 0 Å². The molecule has 1 aromatic carbocycles. The van der Waals surface area contributed by atoms with Crippen LogP contribution in [-0.4, -0.2) is 29.5 Å². The minimum atomic E-state index is 0.383. The Labute approximate surface area is 154 Å². The summed E-state index contributed by atoms with van der Waals surface area (Å²) in [4.78, 5) is 10.4. The number of hydrogen-bond donors (Lipinski definition) is 1. The number of nitrogens with one attached hydrogen (secondary N) is 1. The summed E-state index contributed by atoms with van der Waals surface area (Å²) < 4.78 is 0.676. The molecule has 0 fully saturated rings. The highest BCUT2D eigenvalue weighted by molar-refractivity contribution is 8.02. The van der Waals surface area contributed by atoms with Crippen molar-refractivity contribution in [3.8, 4) is 0 Å². The number of quaternary nitrogens is 1. The maximum Gasteiger partial charge on any atom is 0.201 e. The number of allylic oxidation sites excluding steroid dienone is 1. The van der Waals surface area contributed by atoms with Crippen molar-refractivity contribution >= 4 is 18.1 Å². The Morgan fingerprint density at radius 2 is 1.92 bits per heavy atom. The number of hydrogen-bond acceptors (Lipinski definition) is 4. The summed E-state index contributed by atoms with van der Waals surface area (Å²) >= 11 is 1.82. The molecule has 0 saturated heterocycles. The lowest BCUT2D eigenvalue weighted by atomic mass is 10.1. The quantitative estimate of drug-likeness (QED) is 0.757. The predicted molar refractivity (Wildman–Crippen MR) is 105 cm³/mol. The maximum absolute atomic E-state index is 4.83. The Balaban J connectivity index is 2.01. The zero-order valence-electron chi connectivity index (χ0n) is 15.0. The van der Waals surface area contributed by atoms with Gasteiger partial charge >= 0.3 is 0 Å². The van der Waals surface area contributed by atoms with Crippen molar-refractivity contribution in [3.63, 3.8) is 0 Å². The number of aliphatic imine (C=N–C) groups is 1. The van der Waals surface area contributed by atoms with E-state index in [1.807, 2.05) is 37.3 Å². The summed E-state index contributed by atoms with van der Waals surface area (Å²) in [6.45, 7) is 6.05. The molecule has 1 aliphatic rings. The lowest BCUT2D eigenvalue weighted by Gasteiger charge is -2.32. The van der Waals surface area contributed by atoms with Crippen molar-refractivity contribution in [2.75, 3.05) is 13.7 Å². The number of aromatic nitrogens is 1. The smallest absolute Gasteiger partial charge is 0.201 e. The number of nitrogens with zero attached hydrogens (tertiary/aromatic N) is 3. The molecular weight excluding hydrogens is 328 g/mol. The molecule has 0 saturated carbocycles. The summed E-state index contributed by atoms with van der Waals surface area (Å²) in [5.74, 6) is 0.383. The van der Waals surface area contributed by atoms with Crippen molar-refractivity contribution in [2.45, 2.75) is 25.3 Å². The highest BCUT2D eigenvalue weighted by Crippen LogP contribution is 2.42. The summed E-state index contributed by atoms with van der Waals surface area (Å²) in [5, 5.41) is 4.65. The molecule has 4 nitrogen and oxygen atoms in total. The van der Waals surface area contributed by atoms with Crippen LogP contribution in [0.25, 0.3) is 0 Å². The first kappa shape index (κ1) is 17.9. The molecule has 3 rings (SSSR count). The molecule has 130 valence electrons. The fraction of sp³-hybridized carbons (Fsp3) is 0.300. The molecular formula is C20H25N4S+. The van der Waals surface area contributed by atoms with Gasteiger partial charge in [-0.25, -0.2) is 9.48 Å². The second kappa shape index (κ2) is 7.95. The predicted octanol–water partition coefficient (Wildman–Crippen LogP) is 4.23. The highest BCUT2D eigenvalue weighted by atomic mass is 32.2. The van der Waals surface area contributed by atoms with Crippen molar-refractivity contribution in [2.24, 2.45) is 10.9 Å². The van der Waals surface area contributed by atoms with E-state index in [2.05, 4.69) is 66.9 Å². The van der Waals surface area contributed by atoms with E-state index in [1.165, 1.54) is 21.2 Å². The third-order valence-electron chi connectivity index (χ3n) is 4.17. The summed E-state index contributed by atoms with van der Waals surface area (Å²) in [6.07, 6.45) is 5.85. The van der Waals surface area contributed by atoms with E-state index < -0.39 is 0 Å². The molecule has 25 heavy (non-hydrogen) atoms. The Kier molecular flexibility index (Phi) is 5.68. The van der Waals surface area contributed by atoms with Gasteiger partial charge in [-0.2, -0.15) is 0 Å². The van der Waals surface area contributed by atoms with E-state index >= 15 is 0 Å². The van der Waals surface area contributed by atoms with Crippen LogP contribution in [0, 0.1) is 5.92 Å². The van der Waals surface area contributed by atoms with E-state index in [0.29, 0.717) is 10.4 Å². The molecule has 0 amide bonds. The second-order valence-electron chi connectivity index (χ2n) is 6.57. The van der Waals surface area contributed by atoms with E-state index in [4.69, 9.17) is 4.99 Å². The second-order valence-corrected chi connectivity index (χ2v) is 7.63. The monoisotopic (exact) mass is 353 g/mol. The third-order valence-corrected chi connectivity index (χ3v) is 5.45. The first-order chi connectivity index (χ1) is 12.1. The van der Waals surface area contributed by atoms with Crippen molar-refractivity contribution in [3.05, 3.63) is 71.1 Å².